The monoisotopic (exact) mass is 320 g/mol. The van der Waals surface area contributed by atoms with Crippen LogP contribution in [0.2, 0.25) is 10.0 Å². The van der Waals surface area contributed by atoms with Crippen molar-refractivity contribution >= 4 is 35.2 Å². The molecule has 108 valence electrons. The molecule has 0 fully saturated rings. The Morgan fingerprint density at radius 2 is 1.52 bits per heavy atom. The molecule has 0 N–H and O–H groups in total. The number of benzene rings is 2. The predicted octanol–water partition coefficient (Wildman–Crippen LogP) is 5.31. The van der Waals surface area contributed by atoms with Crippen LogP contribution in [-0.2, 0) is 9.53 Å². The summed E-state index contributed by atoms with van der Waals surface area (Å²) in [4.78, 5) is 11.3. The topological polar surface area (TPSA) is 26.3 Å². The third-order valence-electron chi connectivity index (χ3n) is 2.82. The van der Waals surface area contributed by atoms with Crippen molar-refractivity contribution in [2.75, 3.05) is 0 Å². The molecule has 4 heteroatoms. The SMILES string of the molecule is CC(=O)OC(/C=C/c1ccc(Cl)cc1)c1ccc(Cl)cc1. The van der Waals surface area contributed by atoms with Gasteiger partial charge in [-0.05, 0) is 41.5 Å². The average Bonchev–Trinajstić information content (AvgIpc) is 2.46. The first kappa shape index (κ1) is 15.6. The highest BCUT2D eigenvalue weighted by molar-refractivity contribution is 6.30. The molecule has 2 aromatic rings. The van der Waals surface area contributed by atoms with Gasteiger partial charge in [0, 0.05) is 17.0 Å². The highest BCUT2D eigenvalue weighted by atomic mass is 35.5. The summed E-state index contributed by atoms with van der Waals surface area (Å²) in [5.74, 6) is -0.337. The second-order valence-corrected chi connectivity index (χ2v) is 5.37. The molecule has 0 saturated heterocycles. The number of hydrogen-bond donors (Lipinski definition) is 0. The van der Waals surface area contributed by atoms with Gasteiger partial charge in [0.2, 0.25) is 0 Å². The number of carbonyl (C=O) groups excluding carboxylic acids is 1. The Bertz CT molecular complexity index is 631. The molecule has 0 bridgehead atoms. The Hall–Kier alpha value is -1.77. The highest BCUT2D eigenvalue weighted by Crippen LogP contribution is 2.22. The minimum Gasteiger partial charge on any atom is -0.453 e. The quantitative estimate of drug-likeness (QED) is 0.713. The summed E-state index contributed by atoms with van der Waals surface area (Å²) < 4.78 is 5.33. The largest absolute Gasteiger partial charge is 0.453 e. The summed E-state index contributed by atoms with van der Waals surface area (Å²) >= 11 is 11.7. The van der Waals surface area contributed by atoms with E-state index in [1.807, 2.05) is 48.6 Å². The molecule has 0 aliphatic rings. The van der Waals surface area contributed by atoms with Crippen LogP contribution in [0.3, 0.4) is 0 Å². The molecule has 0 aliphatic carbocycles. The summed E-state index contributed by atoms with van der Waals surface area (Å²) in [6, 6.07) is 14.6. The first-order valence-electron chi connectivity index (χ1n) is 6.41. The van der Waals surface area contributed by atoms with Crippen molar-refractivity contribution in [1.82, 2.24) is 0 Å². The Morgan fingerprint density at radius 3 is 2.05 bits per heavy atom. The molecule has 1 unspecified atom stereocenters. The van der Waals surface area contributed by atoms with E-state index in [-0.39, 0.29) is 5.97 Å². The zero-order chi connectivity index (χ0) is 15.2. The average molecular weight is 321 g/mol. The van der Waals surface area contributed by atoms with E-state index in [0.29, 0.717) is 10.0 Å². The molecule has 0 radical (unpaired) electrons. The van der Waals surface area contributed by atoms with Gasteiger partial charge in [0.1, 0.15) is 6.10 Å². The summed E-state index contributed by atoms with van der Waals surface area (Å²) in [6.45, 7) is 1.39. The minimum atomic E-state index is -0.449. The van der Waals surface area contributed by atoms with Gasteiger partial charge < -0.3 is 4.74 Å². The van der Waals surface area contributed by atoms with E-state index in [4.69, 9.17) is 27.9 Å². The van der Waals surface area contributed by atoms with Crippen LogP contribution in [0, 0.1) is 0 Å². The lowest BCUT2D eigenvalue weighted by atomic mass is 10.1. The zero-order valence-corrected chi connectivity index (χ0v) is 12.9. The standard InChI is InChI=1S/C17H14Cl2O2/c1-12(20)21-17(14-5-9-16(19)10-6-14)11-4-13-2-7-15(18)8-3-13/h2-11,17H,1H3/b11-4+. The first-order chi connectivity index (χ1) is 10.0. The van der Waals surface area contributed by atoms with Crippen molar-refractivity contribution in [3.63, 3.8) is 0 Å². The van der Waals surface area contributed by atoms with Crippen molar-refractivity contribution in [3.8, 4) is 0 Å². The van der Waals surface area contributed by atoms with Crippen LogP contribution in [-0.4, -0.2) is 5.97 Å². The van der Waals surface area contributed by atoms with Crippen molar-refractivity contribution in [3.05, 3.63) is 75.8 Å². The van der Waals surface area contributed by atoms with Crippen LogP contribution in [0.25, 0.3) is 6.08 Å². The third-order valence-corrected chi connectivity index (χ3v) is 3.33. The Kier molecular flexibility index (Phi) is 5.43. The van der Waals surface area contributed by atoms with Crippen LogP contribution in [0.5, 0.6) is 0 Å². The van der Waals surface area contributed by atoms with Gasteiger partial charge in [-0.25, -0.2) is 0 Å². The van der Waals surface area contributed by atoms with E-state index in [2.05, 4.69) is 0 Å². The molecule has 21 heavy (non-hydrogen) atoms. The van der Waals surface area contributed by atoms with Crippen molar-refractivity contribution in [2.45, 2.75) is 13.0 Å². The van der Waals surface area contributed by atoms with Gasteiger partial charge in [-0.3, -0.25) is 4.79 Å². The van der Waals surface area contributed by atoms with Crippen molar-refractivity contribution < 1.29 is 9.53 Å². The number of halogens is 2. The van der Waals surface area contributed by atoms with Gasteiger partial charge in [-0.15, -0.1) is 0 Å². The van der Waals surface area contributed by atoms with E-state index in [9.17, 15) is 4.79 Å². The zero-order valence-electron chi connectivity index (χ0n) is 11.4. The smallest absolute Gasteiger partial charge is 0.303 e. The second kappa shape index (κ2) is 7.30. The fourth-order valence-electron chi connectivity index (χ4n) is 1.82. The van der Waals surface area contributed by atoms with Crippen molar-refractivity contribution in [2.24, 2.45) is 0 Å². The molecule has 0 heterocycles. The maximum atomic E-state index is 11.3. The highest BCUT2D eigenvalue weighted by Gasteiger charge is 2.11. The fourth-order valence-corrected chi connectivity index (χ4v) is 2.07. The Morgan fingerprint density at radius 1 is 1.00 bits per heavy atom. The molecule has 0 spiro atoms. The lowest BCUT2D eigenvalue weighted by Crippen LogP contribution is -2.05. The fraction of sp³-hybridized carbons (Fsp3) is 0.118. The Labute approximate surface area is 134 Å². The van der Waals surface area contributed by atoms with Crippen molar-refractivity contribution in [1.29, 1.82) is 0 Å². The number of hydrogen-bond acceptors (Lipinski definition) is 2. The van der Waals surface area contributed by atoms with Crippen LogP contribution < -0.4 is 0 Å². The molecule has 2 rings (SSSR count). The lowest BCUT2D eigenvalue weighted by Gasteiger charge is -2.13. The molecule has 2 aromatic carbocycles. The lowest BCUT2D eigenvalue weighted by molar-refractivity contribution is -0.144. The number of carbonyl (C=O) groups is 1. The third kappa shape index (κ3) is 4.92. The number of ether oxygens (including phenoxy) is 1. The van der Waals surface area contributed by atoms with E-state index >= 15 is 0 Å². The summed E-state index contributed by atoms with van der Waals surface area (Å²) in [5, 5.41) is 1.32. The van der Waals surface area contributed by atoms with E-state index < -0.39 is 6.10 Å². The van der Waals surface area contributed by atoms with Gasteiger partial charge in [0.15, 0.2) is 0 Å². The van der Waals surface area contributed by atoms with E-state index in [1.54, 1.807) is 12.1 Å². The second-order valence-electron chi connectivity index (χ2n) is 4.49. The molecular weight excluding hydrogens is 307 g/mol. The Balaban J connectivity index is 2.21. The van der Waals surface area contributed by atoms with Gasteiger partial charge in [0.25, 0.3) is 0 Å². The van der Waals surface area contributed by atoms with E-state index in [0.717, 1.165) is 11.1 Å². The van der Waals surface area contributed by atoms with Gasteiger partial charge in [0.05, 0.1) is 0 Å². The van der Waals surface area contributed by atoms with Crippen LogP contribution in [0.4, 0.5) is 0 Å². The number of rotatable bonds is 4. The molecule has 0 aromatic heterocycles. The predicted molar refractivity (Wildman–Crippen MR) is 86.4 cm³/mol. The first-order valence-corrected chi connectivity index (χ1v) is 7.16. The normalized spacial score (nSPS) is 12.3. The van der Waals surface area contributed by atoms with Crippen LogP contribution in [0.15, 0.2) is 54.6 Å². The molecule has 2 nitrogen and oxygen atoms in total. The molecule has 0 amide bonds. The summed E-state index contributed by atoms with van der Waals surface area (Å²) in [6.07, 6.45) is 3.27. The van der Waals surface area contributed by atoms with Gasteiger partial charge in [-0.1, -0.05) is 53.5 Å². The molecule has 0 aliphatic heterocycles. The minimum absolute atomic E-state index is 0.337. The molecular formula is C17H14Cl2O2. The van der Waals surface area contributed by atoms with Gasteiger partial charge >= 0.3 is 5.97 Å². The summed E-state index contributed by atoms with van der Waals surface area (Å²) in [7, 11) is 0. The molecule has 0 saturated carbocycles. The van der Waals surface area contributed by atoms with E-state index in [1.165, 1.54) is 6.92 Å². The van der Waals surface area contributed by atoms with Crippen LogP contribution >= 0.6 is 23.2 Å². The maximum Gasteiger partial charge on any atom is 0.303 e. The summed E-state index contributed by atoms with van der Waals surface area (Å²) in [5.41, 5.74) is 1.84. The van der Waals surface area contributed by atoms with Crippen LogP contribution in [0.1, 0.15) is 24.2 Å². The number of esters is 1. The molecule has 1 atom stereocenters. The van der Waals surface area contributed by atoms with Gasteiger partial charge in [-0.2, -0.15) is 0 Å². The maximum absolute atomic E-state index is 11.3.